The second-order valence-corrected chi connectivity index (χ2v) is 8.06. The van der Waals surface area contributed by atoms with Gasteiger partial charge in [0.05, 0.1) is 5.69 Å². The molecule has 0 radical (unpaired) electrons. The fourth-order valence-corrected chi connectivity index (χ4v) is 3.11. The second kappa shape index (κ2) is 7.04. The molecule has 1 saturated heterocycles. The molecule has 23 heavy (non-hydrogen) atoms. The Bertz CT molecular complexity index is 513. The quantitative estimate of drug-likeness (QED) is 0.751. The number of aromatic nitrogens is 2. The summed E-state index contributed by atoms with van der Waals surface area (Å²) >= 11 is 0. The molecule has 5 heteroatoms. The SMILES string of the molecule is CC(C)(C)Nc1nc(NCCC2CCNCC2)cc(C2CC2)n1. The van der Waals surface area contributed by atoms with Gasteiger partial charge in [0.2, 0.25) is 5.95 Å². The zero-order chi connectivity index (χ0) is 16.3. The van der Waals surface area contributed by atoms with Crippen molar-refractivity contribution in [3.8, 4) is 0 Å². The first-order chi connectivity index (χ1) is 11.0. The van der Waals surface area contributed by atoms with Gasteiger partial charge < -0.3 is 16.0 Å². The first kappa shape index (κ1) is 16.5. The Morgan fingerprint density at radius 2 is 1.87 bits per heavy atom. The zero-order valence-corrected chi connectivity index (χ0v) is 14.8. The minimum atomic E-state index is -0.0193. The van der Waals surface area contributed by atoms with Crippen molar-refractivity contribution in [2.75, 3.05) is 30.3 Å². The van der Waals surface area contributed by atoms with Gasteiger partial charge >= 0.3 is 0 Å². The minimum absolute atomic E-state index is 0.0193. The average molecular weight is 317 g/mol. The summed E-state index contributed by atoms with van der Waals surface area (Å²) in [6.45, 7) is 9.77. The monoisotopic (exact) mass is 317 g/mol. The second-order valence-electron chi connectivity index (χ2n) is 8.06. The van der Waals surface area contributed by atoms with Gasteiger partial charge in [-0.15, -0.1) is 0 Å². The van der Waals surface area contributed by atoms with Gasteiger partial charge in [0, 0.05) is 24.1 Å². The smallest absolute Gasteiger partial charge is 0.225 e. The lowest BCUT2D eigenvalue weighted by molar-refractivity contribution is 0.361. The molecule has 3 rings (SSSR count). The molecule has 0 amide bonds. The van der Waals surface area contributed by atoms with Crippen molar-refractivity contribution in [2.24, 2.45) is 5.92 Å². The number of hydrogen-bond donors (Lipinski definition) is 3. The molecule has 5 nitrogen and oxygen atoms in total. The lowest BCUT2D eigenvalue weighted by atomic mass is 9.95. The summed E-state index contributed by atoms with van der Waals surface area (Å²) in [7, 11) is 0. The van der Waals surface area contributed by atoms with Crippen LogP contribution in [0.5, 0.6) is 0 Å². The highest BCUT2D eigenvalue weighted by atomic mass is 15.2. The third-order valence-electron chi connectivity index (χ3n) is 4.55. The normalized spacial score (nSPS) is 19.6. The Balaban J connectivity index is 1.60. The van der Waals surface area contributed by atoms with Gasteiger partial charge in [-0.2, -0.15) is 4.98 Å². The summed E-state index contributed by atoms with van der Waals surface area (Å²) in [5, 5.41) is 10.4. The van der Waals surface area contributed by atoms with E-state index in [9.17, 15) is 0 Å². The van der Waals surface area contributed by atoms with E-state index in [4.69, 9.17) is 4.98 Å². The van der Waals surface area contributed by atoms with Crippen LogP contribution in [0.25, 0.3) is 0 Å². The number of nitrogens with one attached hydrogen (secondary N) is 3. The molecule has 2 fully saturated rings. The van der Waals surface area contributed by atoms with Crippen LogP contribution in [0.4, 0.5) is 11.8 Å². The van der Waals surface area contributed by atoms with E-state index in [1.165, 1.54) is 50.9 Å². The molecule has 1 aromatic heterocycles. The van der Waals surface area contributed by atoms with Crippen molar-refractivity contribution in [1.29, 1.82) is 0 Å². The Morgan fingerprint density at radius 1 is 1.13 bits per heavy atom. The third-order valence-corrected chi connectivity index (χ3v) is 4.55. The first-order valence-corrected chi connectivity index (χ1v) is 9.11. The van der Waals surface area contributed by atoms with Crippen LogP contribution in [0, 0.1) is 5.92 Å². The van der Waals surface area contributed by atoms with E-state index >= 15 is 0 Å². The van der Waals surface area contributed by atoms with Crippen molar-refractivity contribution >= 4 is 11.8 Å². The van der Waals surface area contributed by atoms with E-state index in [2.05, 4.69) is 47.8 Å². The molecule has 2 aliphatic rings. The summed E-state index contributed by atoms with van der Waals surface area (Å²) in [6, 6.07) is 2.15. The highest BCUT2D eigenvalue weighted by molar-refractivity contribution is 5.44. The topological polar surface area (TPSA) is 61.9 Å². The minimum Gasteiger partial charge on any atom is -0.370 e. The molecule has 1 aliphatic heterocycles. The van der Waals surface area contributed by atoms with Crippen LogP contribution in [-0.2, 0) is 0 Å². The van der Waals surface area contributed by atoms with Gasteiger partial charge in [-0.3, -0.25) is 0 Å². The summed E-state index contributed by atoms with van der Waals surface area (Å²) in [5.74, 6) is 3.22. The maximum absolute atomic E-state index is 4.71. The van der Waals surface area contributed by atoms with E-state index in [-0.39, 0.29) is 5.54 Å². The Kier molecular flexibility index (Phi) is 5.05. The number of hydrogen-bond acceptors (Lipinski definition) is 5. The van der Waals surface area contributed by atoms with Gasteiger partial charge in [0.1, 0.15) is 5.82 Å². The Labute approximate surface area is 140 Å². The molecule has 128 valence electrons. The largest absolute Gasteiger partial charge is 0.370 e. The molecule has 0 spiro atoms. The predicted octanol–water partition coefficient (Wildman–Crippen LogP) is 3.37. The van der Waals surface area contributed by atoms with Gasteiger partial charge in [-0.05, 0) is 71.9 Å². The van der Waals surface area contributed by atoms with Crippen molar-refractivity contribution in [2.45, 2.75) is 64.3 Å². The molecule has 3 N–H and O–H groups in total. The van der Waals surface area contributed by atoms with Crippen LogP contribution in [0.15, 0.2) is 6.07 Å². The van der Waals surface area contributed by atoms with Crippen LogP contribution in [0.2, 0.25) is 0 Å². The number of rotatable bonds is 6. The van der Waals surface area contributed by atoms with Crippen molar-refractivity contribution in [1.82, 2.24) is 15.3 Å². The molecule has 0 aromatic carbocycles. The average Bonchev–Trinajstić information content (AvgIpc) is 3.31. The van der Waals surface area contributed by atoms with E-state index < -0.39 is 0 Å². The van der Waals surface area contributed by atoms with Gasteiger partial charge in [-0.25, -0.2) is 4.98 Å². The van der Waals surface area contributed by atoms with Crippen LogP contribution in [0.1, 0.15) is 64.5 Å². The van der Waals surface area contributed by atoms with E-state index in [0.717, 1.165) is 24.2 Å². The molecule has 1 aliphatic carbocycles. The maximum Gasteiger partial charge on any atom is 0.225 e. The number of nitrogens with zero attached hydrogens (tertiary/aromatic N) is 2. The summed E-state index contributed by atoms with van der Waals surface area (Å²) in [5.41, 5.74) is 1.17. The Hall–Kier alpha value is -1.36. The highest BCUT2D eigenvalue weighted by Crippen LogP contribution is 2.40. The summed E-state index contributed by atoms with van der Waals surface area (Å²) < 4.78 is 0. The molecule has 0 atom stereocenters. The fraction of sp³-hybridized carbons (Fsp3) is 0.778. The molecule has 0 unspecified atom stereocenters. The van der Waals surface area contributed by atoms with E-state index in [0.29, 0.717) is 5.92 Å². The molecule has 1 saturated carbocycles. The fourth-order valence-electron chi connectivity index (χ4n) is 3.11. The van der Waals surface area contributed by atoms with Gasteiger partial charge in [0.15, 0.2) is 0 Å². The predicted molar refractivity (Wildman–Crippen MR) is 96.1 cm³/mol. The Morgan fingerprint density at radius 3 is 2.52 bits per heavy atom. The van der Waals surface area contributed by atoms with Crippen LogP contribution in [0.3, 0.4) is 0 Å². The van der Waals surface area contributed by atoms with E-state index in [1.807, 2.05) is 0 Å². The van der Waals surface area contributed by atoms with Crippen molar-refractivity contribution in [3.63, 3.8) is 0 Å². The molecule has 0 bridgehead atoms. The third kappa shape index (κ3) is 5.34. The molecule has 2 heterocycles. The van der Waals surface area contributed by atoms with E-state index in [1.54, 1.807) is 0 Å². The lowest BCUT2D eigenvalue weighted by Crippen LogP contribution is -2.29. The zero-order valence-electron chi connectivity index (χ0n) is 14.8. The lowest BCUT2D eigenvalue weighted by Gasteiger charge is -2.23. The first-order valence-electron chi connectivity index (χ1n) is 9.11. The molecular formula is C18H31N5. The summed E-state index contributed by atoms with van der Waals surface area (Å²) in [4.78, 5) is 9.37. The van der Waals surface area contributed by atoms with Gasteiger partial charge in [0.25, 0.3) is 0 Å². The standard InChI is InChI=1S/C18H31N5/c1-18(2,3)23-17-21-15(14-4-5-14)12-16(22-17)20-11-8-13-6-9-19-10-7-13/h12-14,19H,4-11H2,1-3H3,(H2,20,21,22,23). The number of piperidine rings is 1. The maximum atomic E-state index is 4.71. The van der Waals surface area contributed by atoms with Crippen LogP contribution < -0.4 is 16.0 Å². The van der Waals surface area contributed by atoms with Gasteiger partial charge in [-0.1, -0.05) is 0 Å². The molecular weight excluding hydrogens is 286 g/mol. The van der Waals surface area contributed by atoms with Crippen molar-refractivity contribution < 1.29 is 0 Å². The highest BCUT2D eigenvalue weighted by Gasteiger charge is 2.26. The number of anilines is 2. The van der Waals surface area contributed by atoms with Crippen LogP contribution in [-0.4, -0.2) is 35.1 Å². The van der Waals surface area contributed by atoms with Crippen LogP contribution >= 0.6 is 0 Å². The summed E-state index contributed by atoms with van der Waals surface area (Å²) in [6.07, 6.45) is 6.36. The van der Waals surface area contributed by atoms with Crippen molar-refractivity contribution in [3.05, 3.63) is 11.8 Å². The molecule has 1 aromatic rings.